The van der Waals surface area contributed by atoms with Crippen LogP contribution in [0.5, 0.6) is 0 Å². The van der Waals surface area contributed by atoms with Crippen molar-refractivity contribution in [2.75, 3.05) is 0 Å². The van der Waals surface area contributed by atoms with E-state index in [0.717, 1.165) is 16.6 Å². The monoisotopic (exact) mass is 386 g/mol. The Morgan fingerprint density at radius 3 is 2.34 bits per heavy atom. The quantitative estimate of drug-likeness (QED) is 0.297. The van der Waals surface area contributed by atoms with Crippen LogP contribution in [0, 0.1) is 11.3 Å². The standard InChI is InChI=1S/C26H14N2S/c27-15-16-11-12-28-22(13-16)21-14-24-26(20-8-4-3-7-19(20)21)25-18-6-2-1-5-17(18)9-10-23(25)29-24/h1-14H. The first-order chi connectivity index (χ1) is 14.3. The number of nitriles is 1. The van der Waals surface area contributed by atoms with Crippen LogP contribution in [0.1, 0.15) is 5.56 Å². The van der Waals surface area contributed by atoms with Crippen molar-refractivity contribution in [3.8, 4) is 17.3 Å². The zero-order valence-corrected chi connectivity index (χ0v) is 16.2. The number of rotatable bonds is 1. The topological polar surface area (TPSA) is 36.7 Å². The highest BCUT2D eigenvalue weighted by atomic mass is 32.1. The summed E-state index contributed by atoms with van der Waals surface area (Å²) in [5.74, 6) is 0. The molecule has 6 rings (SSSR count). The van der Waals surface area contributed by atoms with E-state index in [4.69, 9.17) is 0 Å². The van der Waals surface area contributed by atoms with Crippen molar-refractivity contribution in [2.24, 2.45) is 0 Å². The molecule has 0 fully saturated rings. The Balaban J connectivity index is 1.82. The van der Waals surface area contributed by atoms with Crippen molar-refractivity contribution in [2.45, 2.75) is 0 Å². The van der Waals surface area contributed by atoms with Crippen LogP contribution in [-0.4, -0.2) is 4.98 Å². The Labute approximate surface area is 171 Å². The Hall–Kier alpha value is -3.74. The van der Waals surface area contributed by atoms with Crippen LogP contribution in [0.3, 0.4) is 0 Å². The van der Waals surface area contributed by atoms with Gasteiger partial charge >= 0.3 is 0 Å². The molecule has 0 spiro atoms. The summed E-state index contributed by atoms with van der Waals surface area (Å²) in [6.07, 6.45) is 1.71. The fraction of sp³-hybridized carbons (Fsp3) is 0. The van der Waals surface area contributed by atoms with Crippen molar-refractivity contribution < 1.29 is 0 Å². The van der Waals surface area contributed by atoms with Crippen LogP contribution in [0.25, 0.3) is 53.0 Å². The Kier molecular flexibility index (Phi) is 3.43. The van der Waals surface area contributed by atoms with E-state index in [-0.39, 0.29) is 0 Å². The summed E-state index contributed by atoms with van der Waals surface area (Å²) in [4.78, 5) is 4.57. The lowest BCUT2D eigenvalue weighted by molar-refractivity contribution is 1.32. The van der Waals surface area contributed by atoms with Crippen molar-refractivity contribution >= 4 is 53.1 Å². The number of nitrogens with zero attached hydrogens (tertiary/aromatic N) is 2. The maximum atomic E-state index is 9.31. The summed E-state index contributed by atoms with van der Waals surface area (Å²) in [7, 11) is 0. The molecule has 0 aliphatic carbocycles. The third-order valence-corrected chi connectivity index (χ3v) is 6.64. The van der Waals surface area contributed by atoms with Gasteiger partial charge in [0.25, 0.3) is 0 Å². The molecule has 0 amide bonds. The second kappa shape index (κ2) is 6.13. The molecule has 2 aromatic heterocycles. The lowest BCUT2D eigenvalue weighted by Gasteiger charge is -2.09. The minimum Gasteiger partial charge on any atom is -0.256 e. The van der Waals surface area contributed by atoms with Crippen molar-refractivity contribution in [1.29, 1.82) is 5.26 Å². The highest BCUT2D eigenvalue weighted by Crippen LogP contribution is 2.44. The van der Waals surface area contributed by atoms with E-state index >= 15 is 0 Å². The zero-order chi connectivity index (χ0) is 19.4. The lowest BCUT2D eigenvalue weighted by atomic mass is 9.95. The van der Waals surface area contributed by atoms with Crippen molar-refractivity contribution in [1.82, 2.24) is 4.98 Å². The van der Waals surface area contributed by atoms with Crippen molar-refractivity contribution in [3.63, 3.8) is 0 Å². The fourth-order valence-corrected chi connectivity index (χ4v) is 5.44. The van der Waals surface area contributed by atoms with E-state index in [1.165, 1.54) is 36.3 Å². The van der Waals surface area contributed by atoms with Crippen molar-refractivity contribution in [3.05, 3.63) is 90.6 Å². The van der Waals surface area contributed by atoms with Crippen LogP contribution < -0.4 is 0 Å². The number of thiophene rings is 1. The number of aromatic nitrogens is 1. The minimum atomic E-state index is 0.626. The van der Waals surface area contributed by atoms with Crippen LogP contribution in [0.2, 0.25) is 0 Å². The molecule has 0 radical (unpaired) electrons. The third-order valence-electron chi connectivity index (χ3n) is 5.53. The van der Waals surface area contributed by atoms with E-state index in [0.29, 0.717) is 5.56 Å². The first-order valence-corrected chi connectivity index (χ1v) is 10.3. The Morgan fingerprint density at radius 2 is 1.48 bits per heavy atom. The van der Waals surface area contributed by atoms with E-state index in [2.05, 4.69) is 77.8 Å². The molecule has 0 saturated heterocycles. The highest BCUT2D eigenvalue weighted by molar-refractivity contribution is 7.26. The molecule has 3 heteroatoms. The minimum absolute atomic E-state index is 0.626. The van der Waals surface area contributed by atoms with Gasteiger partial charge in [-0.05, 0) is 45.8 Å². The van der Waals surface area contributed by atoms with Gasteiger partial charge in [0.2, 0.25) is 0 Å². The third kappa shape index (κ3) is 2.37. The smallest absolute Gasteiger partial charge is 0.0992 e. The molecule has 0 saturated carbocycles. The summed E-state index contributed by atoms with van der Waals surface area (Å²) >= 11 is 1.82. The van der Waals surface area contributed by atoms with Crippen LogP contribution in [-0.2, 0) is 0 Å². The molecule has 2 heterocycles. The Bertz CT molecular complexity index is 1620. The van der Waals surface area contributed by atoms with E-state index in [1.807, 2.05) is 17.4 Å². The molecule has 0 unspecified atom stereocenters. The van der Waals surface area contributed by atoms with Gasteiger partial charge in [0, 0.05) is 31.9 Å². The molecule has 0 N–H and O–H groups in total. The second-order valence-corrected chi connectivity index (χ2v) is 8.23. The van der Waals surface area contributed by atoms with Gasteiger partial charge in [0.15, 0.2) is 0 Å². The average molecular weight is 386 g/mol. The first-order valence-electron chi connectivity index (χ1n) is 9.46. The maximum absolute atomic E-state index is 9.31. The van der Waals surface area contributed by atoms with Crippen LogP contribution in [0.15, 0.2) is 85.1 Å². The largest absolute Gasteiger partial charge is 0.256 e. The lowest BCUT2D eigenvalue weighted by Crippen LogP contribution is -1.87. The van der Waals surface area contributed by atoms with Crippen LogP contribution in [0.4, 0.5) is 0 Å². The molecule has 4 aromatic carbocycles. The van der Waals surface area contributed by atoms with Gasteiger partial charge in [-0.25, -0.2) is 0 Å². The first kappa shape index (κ1) is 16.2. The van der Waals surface area contributed by atoms with Gasteiger partial charge in [-0.3, -0.25) is 4.98 Å². The number of benzene rings is 4. The zero-order valence-electron chi connectivity index (χ0n) is 15.4. The normalized spacial score (nSPS) is 11.4. The predicted octanol–water partition coefficient (Wildman–Crippen LogP) is 7.29. The van der Waals surface area contributed by atoms with Gasteiger partial charge in [0.1, 0.15) is 0 Å². The van der Waals surface area contributed by atoms with Gasteiger partial charge in [-0.15, -0.1) is 11.3 Å². The Morgan fingerprint density at radius 1 is 0.724 bits per heavy atom. The molecule has 6 aromatic rings. The van der Waals surface area contributed by atoms with E-state index < -0.39 is 0 Å². The molecule has 134 valence electrons. The summed E-state index contributed by atoms with van der Waals surface area (Å²) in [6.45, 7) is 0. The number of hydrogen-bond acceptors (Lipinski definition) is 3. The molecular weight excluding hydrogens is 372 g/mol. The fourth-order valence-electron chi connectivity index (χ4n) is 4.26. The molecule has 0 bridgehead atoms. The van der Waals surface area contributed by atoms with Crippen LogP contribution >= 0.6 is 11.3 Å². The number of pyridine rings is 1. The van der Waals surface area contributed by atoms with Gasteiger partial charge in [0.05, 0.1) is 17.3 Å². The summed E-state index contributed by atoms with van der Waals surface area (Å²) < 4.78 is 2.54. The highest BCUT2D eigenvalue weighted by Gasteiger charge is 2.15. The molecule has 29 heavy (non-hydrogen) atoms. The summed E-state index contributed by atoms with van der Waals surface area (Å²) in [5.41, 5.74) is 2.53. The van der Waals surface area contributed by atoms with Gasteiger partial charge < -0.3 is 0 Å². The summed E-state index contributed by atoms with van der Waals surface area (Å²) in [5, 5.41) is 16.9. The summed E-state index contributed by atoms with van der Waals surface area (Å²) in [6, 6.07) is 29.6. The van der Waals surface area contributed by atoms with E-state index in [1.54, 1.807) is 12.3 Å². The van der Waals surface area contributed by atoms with E-state index in [9.17, 15) is 5.26 Å². The number of hydrogen-bond donors (Lipinski definition) is 0. The SMILES string of the molecule is N#Cc1ccnc(-c2cc3sc4ccc5ccccc5c4c3c3ccccc23)c1. The molecule has 2 nitrogen and oxygen atoms in total. The van der Waals surface area contributed by atoms with Gasteiger partial charge in [-0.1, -0.05) is 54.6 Å². The molecule has 0 aliphatic heterocycles. The molecule has 0 atom stereocenters. The molecular formula is C26H14N2S. The number of fused-ring (bicyclic) bond motifs is 7. The maximum Gasteiger partial charge on any atom is 0.0992 e. The second-order valence-electron chi connectivity index (χ2n) is 7.15. The van der Waals surface area contributed by atoms with Gasteiger partial charge in [-0.2, -0.15) is 5.26 Å². The molecule has 0 aliphatic rings. The predicted molar refractivity (Wildman–Crippen MR) is 122 cm³/mol. The average Bonchev–Trinajstić information content (AvgIpc) is 3.18.